The molecule has 1 heterocycles. The largest absolute Gasteiger partial charge is 0.497 e. The monoisotopic (exact) mass is 253 g/mol. The molecular weight excluding hydrogens is 234 g/mol. The maximum absolute atomic E-state index is 5.92. The van der Waals surface area contributed by atoms with Crippen LogP contribution in [0, 0.1) is 6.92 Å². The van der Waals surface area contributed by atoms with Crippen LogP contribution in [0.5, 0.6) is 5.75 Å². The molecule has 0 radical (unpaired) electrons. The maximum Gasteiger partial charge on any atom is 0.132 e. The summed E-state index contributed by atoms with van der Waals surface area (Å²) in [5, 5.41) is 1.61. The van der Waals surface area contributed by atoms with E-state index in [0.29, 0.717) is 5.15 Å². The van der Waals surface area contributed by atoms with E-state index in [1.807, 2.05) is 45.0 Å². The number of benzene rings is 1. The summed E-state index contributed by atoms with van der Waals surface area (Å²) in [5.74, 6) is 0.834. The highest BCUT2D eigenvalue weighted by Gasteiger charge is 2.01. The van der Waals surface area contributed by atoms with Crippen LogP contribution in [-0.4, -0.2) is 12.1 Å². The van der Waals surface area contributed by atoms with E-state index in [1.165, 1.54) is 0 Å². The van der Waals surface area contributed by atoms with E-state index in [2.05, 4.69) is 4.98 Å². The first-order valence-electron chi connectivity index (χ1n) is 5.31. The zero-order chi connectivity index (χ0) is 12.1. The molecule has 2 aromatic rings. The molecule has 1 aromatic carbocycles. The molecule has 0 saturated heterocycles. The van der Waals surface area contributed by atoms with Crippen molar-refractivity contribution in [1.82, 2.24) is 4.98 Å². The zero-order valence-electron chi connectivity index (χ0n) is 10.0. The topological polar surface area (TPSA) is 22.1 Å². The van der Waals surface area contributed by atoms with Crippen LogP contribution in [0.25, 0.3) is 10.9 Å². The Balaban J connectivity index is 0.000000811. The molecular formula is C14H20ClNO. The highest BCUT2D eigenvalue weighted by molar-refractivity contribution is 6.30. The van der Waals surface area contributed by atoms with Crippen molar-refractivity contribution in [2.24, 2.45) is 0 Å². The van der Waals surface area contributed by atoms with Gasteiger partial charge in [0.2, 0.25) is 0 Å². The number of rotatable bonds is 1. The van der Waals surface area contributed by atoms with Gasteiger partial charge in [-0.3, -0.25) is 0 Å². The van der Waals surface area contributed by atoms with Crippen LogP contribution in [0.15, 0.2) is 24.3 Å². The van der Waals surface area contributed by atoms with Gasteiger partial charge in [-0.15, -0.1) is 0 Å². The van der Waals surface area contributed by atoms with Gasteiger partial charge in [-0.05, 0) is 36.8 Å². The molecule has 0 atom stereocenters. The van der Waals surface area contributed by atoms with Gasteiger partial charge in [-0.1, -0.05) is 32.9 Å². The quantitative estimate of drug-likeness (QED) is 0.677. The van der Waals surface area contributed by atoms with Gasteiger partial charge in [-0.2, -0.15) is 0 Å². The molecule has 0 saturated carbocycles. The average Bonchev–Trinajstić information content (AvgIpc) is 2.33. The summed E-state index contributed by atoms with van der Waals surface area (Å²) in [5.41, 5.74) is 1.87. The first-order valence-corrected chi connectivity index (χ1v) is 5.69. The number of ether oxygens (including phenoxy) is 1. The van der Waals surface area contributed by atoms with Gasteiger partial charge < -0.3 is 4.74 Å². The number of methoxy groups -OCH3 is 1. The highest BCUT2D eigenvalue weighted by atomic mass is 35.5. The molecule has 0 fully saturated rings. The van der Waals surface area contributed by atoms with Gasteiger partial charge in [0.1, 0.15) is 10.9 Å². The van der Waals surface area contributed by atoms with Gasteiger partial charge >= 0.3 is 0 Å². The minimum Gasteiger partial charge on any atom is -0.497 e. The number of hydrogen-bond donors (Lipinski definition) is 0. The predicted molar refractivity (Wildman–Crippen MR) is 76.1 cm³/mol. The highest BCUT2D eigenvalue weighted by Crippen LogP contribution is 2.23. The molecule has 94 valence electrons. The molecule has 0 aliphatic rings. The summed E-state index contributed by atoms with van der Waals surface area (Å²) >= 11 is 5.92. The molecule has 3 heteroatoms. The molecule has 0 aliphatic heterocycles. The summed E-state index contributed by atoms with van der Waals surface area (Å²) in [6.07, 6.45) is 0. The molecule has 1 aromatic heterocycles. The summed E-state index contributed by atoms with van der Waals surface area (Å²) < 4.78 is 5.13. The zero-order valence-corrected chi connectivity index (χ0v) is 10.8. The lowest BCUT2D eigenvalue weighted by Crippen LogP contribution is -1.86. The fourth-order valence-electron chi connectivity index (χ4n) is 1.36. The van der Waals surface area contributed by atoms with E-state index in [1.54, 1.807) is 7.11 Å². The fraction of sp³-hybridized carbons (Fsp3) is 0.357. The number of fused-ring (bicyclic) bond motifs is 1. The fourth-order valence-corrected chi connectivity index (χ4v) is 1.51. The van der Waals surface area contributed by atoms with Crippen LogP contribution in [0.4, 0.5) is 0 Å². The third-order valence-electron chi connectivity index (χ3n) is 2.15. The number of hydrogen-bond acceptors (Lipinski definition) is 2. The van der Waals surface area contributed by atoms with Crippen LogP contribution in [0.1, 0.15) is 26.8 Å². The van der Waals surface area contributed by atoms with E-state index < -0.39 is 0 Å². The SMILES string of the molecule is C.CC.COc1ccc2nc(Cl)c(C)cc2c1. The molecule has 0 bridgehead atoms. The van der Waals surface area contributed by atoms with E-state index in [0.717, 1.165) is 22.2 Å². The van der Waals surface area contributed by atoms with Gasteiger partial charge in [0.15, 0.2) is 0 Å². The first kappa shape index (κ1) is 15.7. The lowest BCUT2D eigenvalue weighted by Gasteiger charge is -2.03. The molecule has 2 rings (SSSR count). The molecule has 2 nitrogen and oxygen atoms in total. The Hall–Kier alpha value is -1.28. The number of aromatic nitrogens is 1. The third kappa shape index (κ3) is 3.60. The van der Waals surface area contributed by atoms with Crippen LogP contribution >= 0.6 is 11.6 Å². The Labute approximate surface area is 109 Å². The first-order chi connectivity index (χ1) is 7.70. The second-order valence-electron chi connectivity index (χ2n) is 3.15. The Kier molecular flexibility index (Phi) is 6.59. The van der Waals surface area contributed by atoms with E-state index in [9.17, 15) is 0 Å². The number of halogens is 1. The molecule has 0 spiro atoms. The van der Waals surface area contributed by atoms with Gasteiger partial charge in [0.05, 0.1) is 12.6 Å². The molecule has 0 unspecified atom stereocenters. The normalized spacial score (nSPS) is 9.00. The average molecular weight is 254 g/mol. The van der Waals surface area contributed by atoms with Crippen LogP contribution in [0.2, 0.25) is 5.15 Å². The Bertz CT molecular complexity index is 483. The van der Waals surface area contributed by atoms with Crippen molar-refractivity contribution in [3.63, 3.8) is 0 Å². The molecule has 0 aliphatic carbocycles. The second-order valence-corrected chi connectivity index (χ2v) is 3.51. The smallest absolute Gasteiger partial charge is 0.132 e. The Morgan fingerprint density at radius 2 is 1.82 bits per heavy atom. The predicted octanol–water partition coefficient (Wildman–Crippen LogP) is 4.87. The van der Waals surface area contributed by atoms with Crippen LogP contribution < -0.4 is 4.74 Å². The lowest BCUT2D eigenvalue weighted by molar-refractivity contribution is 0.415. The number of pyridine rings is 1. The maximum atomic E-state index is 5.92. The number of nitrogens with zero attached hydrogens (tertiary/aromatic N) is 1. The van der Waals surface area contributed by atoms with Crippen molar-refractivity contribution in [2.75, 3.05) is 7.11 Å². The van der Waals surface area contributed by atoms with Gasteiger partial charge in [-0.25, -0.2) is 4.98 Å². The molecule has 0 amide bonds. The molecule has 17 heavy (non-hydrogen) atoms. The van der Waals surface area contributed by atoms with E-state index in [-0.39, 0.29) is 7.43 Å². The van der Waals surface area contributed by atoms with E-state index in [4.69, 9.17) is 16.3 Å². The van der Waals surface area contributed by atoms with Crippen LogP contribution in [0.3, 0.4) is 0 Å². The summed E-state index contributed by atoms with van der Waals surface area (Å²) in [4.78, 5) is 4.26. The van der Waals surface area contributed by atoms with Crippen molar-refractivity contribution in [2.45, 2.75) is 28.2 Å². The minimum absolute atomic E-state index is 0. The standard InChI is InChI=1S/C11H10ClNO.C2H6.CH4/c1-7-5-8-6-9(14-2)3-4-10(8)13-11(7)12;1-2;/h3-6H,1-2H3;1-2H3;1H4. The van der Waals surface area contributed by atoms with Gasteiger partial charge in [0.25, 0.3) is 0 Å². The van der Waals surface area contributed by atoms with Crippen molar-refractivity contribution >= 4 is 22.5 Å². The van der Waals surface area contributed by atoms with Gasteiger partial charge in [0, 0.05) is 5.39 Å². The second kappa shape index (κ2) is 7.13. The minimum atomic E-state index is 0. The van der Waals surface area contributed by atoms with Crippen molar-refractivity contribution in [3.8, 4) is 5.75 Å². The van der Waals surface area contributed by atoms with Crippen molar-refractivity contribution in [3.05, 3.63) is 35.0 Å². The summed E-state index contributed by atoms with van der Waals surface area (Å²) in [6, 6.07) is 7.74. The van der Waals surface area contributed by atoms with Crippen molar-refractivity contribution < 1.29 is 4.74 Å². The summed E-state index contributed by atoms with van der Waals surface area (Å²) in [7, 11) is 1.65. The lowest BCUT2D eigenvalue weighted by atomic mass is 10.2. The van der Waals surface area contributed by atoms with E-state index >= 15 is 0 Å². The summed E-state index contributed by atoms with van der Waals surface area (Å²) in [6.45, 7) is 5.94. The Morgan fingerprint density at radius 3 is 2.41 bits per heavy atom. The van der Waals surface area contributed by atoms with Crippen LogP contribution in [-0.2, 0) is 0 Å². The van der Waals surface area contributed by atoms with Crippen molar-refractivity contribution in [1.29, 1.82) is 0 Å². The Morgan fingerprint density at radius 1 is 1.18 bits per heavy atom. The third-order valence-corrected chi connectivity index (χ3v) is 2.53. The number of aryl methyl sites for hydroxylation is 1. The molecule has 0 N–H and O–H groups in total.